The Labute approximate surface area is 97.7 Å². The zero-order chi connectivity index (χ0) is 12.0. The average molecular weight is 225 g/mol. The summed E-state index contributed by atoms with van der Waals surface area (Å²) in [4.78, 5) is 15.0. The van der Waals surface area contributed by atoms with Crippen LogP contribution in [0.5, 0.6) is 5.75 Å². The third kappa shape index (κ3) is 1.40. The van der Waals surface area contributed by atoms with E-state index in [0.29, 0.717) is 5.56 Å². The molecule has 0 saturated heterocycles. The van der Waals surface area contributed by atoms with E-state index in [1.807, 2.05) is 31.2 Å². The summed E-state index contributed by atoms with van der Waals surface area (Å²) in [5, 5.41) is 10.4. The number of phenols is 1. The van der Waals surface area contributed by atoms with Crippen LogP contribution in [0.1, 0.15) is 5.56 Å². The maximum Gasteiger partial charge on any atom is 0.229 e. The fourth-order valence-corrected chi connectivity index (χ4v) is 2.11. The molecule has 2 N–H and O–H groups in total. The molecule has 0 atom stereocenters. The Balaban J connectivity index is 2.54. The van der Waals surface area contributed by atoms with Crippen molar-refractivity contribution in [3.05, 3.63) is 52.2 Å². The number of rotatable bonds is 0. The summed E-state index contributed by atoms with van der Waals surface area (Å²) in [6.45, 7) is 2.02. The first-order valence-corrected chi connectivity index (χ1v) is 5.41. The number of aromatic amines is 1. The molecule has 1 heterocycles. The number of H-pyrrole nitrogens is 1. The van der Waals surface area contributed by atoms with E-state index in [1.165, 1.54) is 6.07 Å². The predicted octanol–water partition coefficient (Wildman–Crippen LogP) is 2.65. The summed E-state index contributed by atoms with van der Waals surface area (Å²) in [5.74, 6) is -0.210. The van der Waals surface area contributed by atoms with Gasteiger partial charge in [-0.3, -0.25) is 4.79 Å². The number of aromatic hydroxyl groups is 1. The van der Waals surface area contributed by atoms with Gasteiger partial charge < -0.3 is 10.1 Å². The third-order valence-corrected chi connectivity index (χ3v) is 3.04. The topological polar surface area (TPSA) is 53.1 Å². The number of fused-ring (bicyclic) bond motifs is 2. The van der Waals surface area contributed by atoms with Crippen LogP contribution >= 0.6 is 0 Å². The molecule has 0 unspecified atom stereocenters. The number of aryl methyl sites for hydroxylation is 1. The molecular formula is C14H11NO2. The SMILES string of the molecule is Cc1cccc2cc3c(=O)c(O)ccc-3[nH]c12. The average Bonchev–Trinajstić information content (AvgIpc) is 2.33. The third-order valence-electron chi connectivity index (χ3n) is 3.04. The Hall–Kier alpha value is -2.29. The molecule has 1 aromatic rings. The lowest BCUT2D eigenvalue weighted by Crippen LogP contribution is -2.06. The quantitative estimate of drug-likeness (QED) is 0.578. The van der Waals surface area contributed by atoms with E-state index in [1.54, 1.807) is 6.07 Å². The summed E-state index contributed by atoms with van der Waals surface area (Å²) >= 11 is 0. The maximum atomic E-state index is 11.8. The van der Waals surface area contributed by atoms with E-state index in [0.717, 1.165) is 22.2 Å². The van der Waals surface area contributed by atoms with Gasteiger partial charge >= 0.3 is 0 Å². The van der Waals surface area contributed by atoms with Gasteiger partial charge in [-0.2, -0.15) is 0 Å². The van der Waals surface area contributed by atoms with Crippen LogP contribution in [0.25, 0.3) is 22.2 Å². The first-order valence-electron chi connectivity index (χ1n) is 5.41. The highest BCUT2D eigenvalue weighted by Gasteiger charge is 2.11. The Morgan fingerprint density at radius 2 is 2.00 bits per heavy atom. The molecule has 1 aliphatic heterocycles. The van der Waals surface area contributed by atoms with Gasteiger partial charge in [-0.15, -0.1) is 0 Å². The molecule has 17 heavy (non-hydrogen) atoms. The molecule has 3 heteroatoms. The molecule has 0 spiro atoms. The van der Waals surface area contributed by atoms with Gasteiger partial charge in [-0.25, -0.2) is 0 Å². The molecule has 0 amide bonds. The number of benzene rings is 2. The summed E-state index contributed by atoms with van der Waals surface area (Å²) in [6.07, 6.45) is 0. The van der Waals surface area contributed by atoms with Crippen LogP contribution in [-0.2, 0) is 0 Å². The largest absolute Gasteiger partial charge is 0.504 e. The van der Waals surface area contributed by atoms with Crippen LogP contribution in [0.4, 0.5) is 0 Å². The van der Waals surface area contributed by atoms with Gasteiger partial charge in [0, 0.05) is 11.1 Å². The number of pyridine rings is 1. The van der Waals surface area contributed by atoms with Crippen LogP contribution in [-0.4, -0.2) is 10.1 Å². The Bertz CT molecular complexity index is 743. The first kappa shape index (κ1) is 9.90. The van der Waals surface area contributed by atoms with Gasteiger partial charge in [0.25, 0.3) is 0 Å². The number of hydrogen-bond acceptors (Lipinski definition) is 2. The van der Waals surface area contributed by atoms with Gasteiger partial charge in [0.1, 0.15) is 0 Å². The summed E-state index contributed by atoms with van der Waals surface area (Å²) < 4.78 is 0. The first-order chi connectivity index (χ1) is 8.16. The second-order valence-corrected chi connectivity index (χ2v) is 4.18. The van der Waals surface area contributed by atoms with Crippen molar-refractivity contribution < 1.29 is 5.11 Å². The zero-order valence-electron chi connectivity index (χ0n) is 9.32. The minimum atomic E-state index is -0.331. The summed E-state index contributed by atoms with van der Waals surface area (Å²) in [5.41, 5.74) is 3.08. The zero-order valence-corrected chi connectivity index (χ0v) is 9.32. The number of para-hydroxylation sites is 1. The van der Waals surface area contributed by atoms with E-state index in [9.17, 15) is 9.90 Å². The van der Waals surface area contributed by atoms with E-state index >= 15 is 0 Å². The van der Waals surface area contributed by atoms with Crippen molar-refractivity contribution in [1.29, 1.82) is 0 Å². The fourth-order valence-electron chi connectivity index (χ4n) is 2.11. The summed E-state index contributed by atoms with van der Waals surface area (Å²) in [7, 11) is 0. The minimum absolute atomic E-state index is 0.210. The predicted molar refractivity (Wildman–Crippen MR) is 67.6 cm³/mol. The highest BCUT2D eigenvalue weighted by Crippen LogP contribution is 2.25. The smallest absolute Gasteiger partial charge is 0.229 e. The van der Waals surface area contributed by atoms with Crippen LogP contribution in [0.2, 0.25) is 0 Å². The van der Waals surface area contributed by atoms with Gasteiger partial charge in [0.15, 0.2) is 5.75 Å². The Kier molecular flexibility index (Phi) is 1.95. The fraction of sp³-hybridized carbons (Fsp3) is 0.0714. The van der Waals surface area contributed by atoms with Crippen LogP contribution in [0.15, 0.2) is 41.2 Å². The van der Waals surface area contributed by atoms with Gasteiger partial charge in [-0.05, 0) is 36.1 Å². The lowest BCUT2D eigenvalue weighted by Gasteiger charge is -2.09. The van der Waals surface area contributed by atoms with Gasteiger partial charge in [-0.1, -0.05) is 18.2 Å². The van der Waals surface area contributed by atoms with Crippen LogP contribution in [0.3, 0.4) is 0 Å². The lowest BCUT2D eigenvalue weighted by molar-refractivity contribution is 0.470. The van der Waals surface area contributed by atoms with Gasteiger partial charge in [0.2, 0.25) is 5.43 Å². The van der Waals surface area contributed by atoms with E-state index in [2.05, 4.69) is 4.98 Å². The molecule has 0 aromatic heterocycles. The Morgan fingerprint density at radius 3 is 2.82 bits per heavy atom. The van der Waals surface area contributed by atoms with E-state index < -0.39 is 0 Å². The molecular weight excluding hydrogens is 214 g/mol. The highest BCUT2D eigenvalue weighted by molar-refractivity contribution is 5.87. The van der Waals surface area contributed by atoms with E-state index in [-0.39, 0.29) is 11.2 Å². The second kappa shape index (κ2) is 3.35. The molecule has 2 aliphatic rings. The number of hydrogen-bond donors (Lipinski definition) is 2. The highest BCUT2D eigenvalue weighted by atomic mass is 16.3. The van der Waals surface area contributed by atoms with Crippen molar-refractivity contribution in [2.75, 3.05) is 0 Å². The van der Waals surface area contributed by atoms with Crippen LogP contribution in [0, 0.1) is 6.92 Å². The maximum absolute atomic E-state index is 11.8. The number of aromatic nitrogens is 1. The van der Waals surface area contributed by atoms with Crippen LogP contribution < -0.4 is 5.43 Å². The van der Waals surface area contributed by atoms with E-state index in [4.69, 9.17) is 0 Å². The number of nitrogens with one attached hydrogen (secondary N) is 1. The van der Waals surface area contributed by atoms with Crippen molar-refractivity contribution in [1.82, 2.24) is 4.98 Å². The molecule has 1 aliphatic carbocycles. The second-order valence-electron chi connectivity index (χ2n) is 4.18. The van der Waals surface area contributed by atoms with Crippen molar-refractivity contribution >= 4 is 10.9 Å². The molecule has 0 bridgehead atoms. The molecule has 84 valence electrons. The molecule has 1 aromatic carbocycles. The minimum Gasteiger partial charge on any atom is -0.504 e. The lowest BCUT2D eigenvalue weighted by atomic mass is 10.0. The standard InChI is InChI=1S/C14H11NO2/c1-8-3-2-4-9-7-10-11(15-13(8)9)5-6-12(16)14(10)17/h2-7,15-16H,1H3. The van der Waals surface area contributed by atoms with Crippen molar-refractivity contribution in [2.24, 2.45) is 0 Å². The van der Waals surface area contributed by atoms with Crippen molar-refractivity contribution in [2.45, 2.75) is 6.92 Å². The molecule has 0 saturated carbocycles. The van der Waals surface area contributed by atoms with Crippen molar-refractivity contribution in [3.63, 3.8) is 0 Å². The van der Waals surface area contributed by atoms with Crippen molar-refractivity contribution in [3.8, 4) is 17.0 Å². The Morgan fingerprint density at radius 1 is 1.18 bits per heavy atom. The molecule has 3 rings (SSSR count). The molecule has 0 fully saturated rings. The molecule has 3 nitrogen and oxygen atoms in total. The normalized spacial score (nSPS) is 11.1. The number of phenolic OH excluding ortho intramolecular Hbond substituents is 1. The summed E-state index contributed by atoms with van der Waals surface area (Å²) in [6, 6.07) is 10.9. The van der Waals surface area contributed by atoms with Gasteiger partial charge in [0.05, 0.1) is 5.69 Å². The molecule has 0 radical (unpaired) electrons. The monoisotopic (exact) mass is 225 g/mol.